The SMILES string of the molecule is CCCCc1ccc(CC(=O)N(CC)CCO)cc1. The third-order valence-corrected chi connectivity index (χ3v) is 3.30. The van der Waals surface area contributed by atoms with Gasteiger partial charge in [0.1, 0.15) is 0 Å². The Hall–Kier alpha value is -1.35. The molecule has 0 aromatic heterocycles. The predicted octanol–water partition coefficient (Wildman–Crippen LogP) is 2.41. The van der Waals surface area contributed by atoms with Gasteiger partial charge in [0.2, 0.25) is 5.91 Å². The molecule has 1 aromatic rings. The van der Waals surface area contributed by atoms with Gasteiger partial charge in [-0.25, -0.2) is 0 Å². The highest BCUT2D eigenvalue weighted by molar-refractivity contribution is 5.78. The summed E-state index contributed by atoms with van der Waals surface area (Å²) in [4.78, 5) is 13.7. The Bertz CT molecular complexity index is 373. The number of amides is 1. The number of unbranched alkanes of at least 4 members (excludes halogenated alkanes) is 1. The molecule has 3 nitrogen and oxygen atoms in total. The number of likely N-dealkylation sites (N-methyl/N-ethyl adjacent to an activating group) is 1. The second-order valence-corrected chi connectivity index (χ2v) is 4.79. The molecule has 1 aromatic carbocycles. The summed E-state index contributed by atoms with van der Waals surface area (Å²) < 4.78 is 0. The van der Waals surface area contributed by atoms with Crippen LogP contribution in [-0.2, 0) is 17.6 Å². The lowest BCUT2D eigenvalue weighted by atomic mass is 10.0. The van der Waals surface area contributed by atoms with Crippen LogP contribution in [0.15, 0.2) is 24.3 Å². The number of carbonyl (C=O) groups excluding carboxylic acids is 1. The highest BCUT2D eigenvalue weighted by Gasteiger charge is 2.11. The van der Waals surface area contributed by atoms with E-state index in [1.54, 1.807) is 4.90 Å². The predicted molar refractivity (Wildman–Crippen MR) is 78.1 cm³/mol. The first-order valence-electron chi connectivity index (χ1n) is 7.17. The number of benzene rings is 1. The maximum absolute atomic E-state index is 12.0. The Morgan fingerprint density at radius 3 is 2.32 bits per heavy atom. The molecular weight excluding hydrogens is 238 g/mol. The van der Waals surface area contributed by atoms with E-state index < -0.39 is 0 Å². The normalized spacial score (nSPS) is 10.5. The average molecular weight is 263 g/mol. The molecule has 1 N–H and O–H groups in total. The molecule has 0 heterocycles. The van der Waals surface area contributed by atoms with Crippen molar-refractivity contribution in [1.82, 2.24) is 4.90 Å². The maximum Gasteiger partial charge on any atom is 0.227 e. The Labute approximate surface area is 116 Å². The van der Waals surface area contributed by atoms with Crippen molar-refractivity contribution in [1.29, 1.82) is 0 Å². The van der Waals surface area contributed by atoms with Crippen molar-refractivity contribution >= 4 is 5.91 Å². The third kappa shape index (κ3) is 5.43. The number of hydrogen-bond acceptors (Lipinski definition) is 2. The van der Waals surface area contributed by atoms with E-state index in [2.05, 4.69) is 19.1 Å². The second-order valence-electron chi connectivity index (χ2n) is 4.79. The van der Waals surface area contributed by atoms with Crippen LogP contribution >= 0.6 is 0 Å². The number of carbonyl (C=O) groups is 1. The van der Waals surface area contributed by atoms with Gasteiger partial charge in [0.05, 0.1) is 13.0 Å². The number of hydrogen-bond donors (Lipinski definition) is 1. The maximum atomic E-state index is 12.0. The molecule has 106 valence electrons. The van der Waals surface area contributed by atoms with Gasteiger partial charge in [-0.3, -0.25) is 4.79 Å². The van der Waals surface area contributed by atoms with Gasteiger partial charge in [-0.15, -0.1) is 0 Å². The topological polar surface area (TPSA) is 40.5 Å². The van der Waals surface area contributed by atoms with E-state index in [4.69, 9.17) is 5.11 Å². The van der Waals surface area contributed by atoms with Crippen LogP contribution in [0.1, 0.15) is 37.8 Å². The molecule has 19 heavy (non-hydrogen) atoms. The van der Waals surface area contributed by atoms with Gasteiger partial charge in [-0.05, 0) is 30.9 Å². The number of aryl methyl sites for hydroxylation is 1. The summed E-state index contributed by atoms with van der Waals surface area (Å²) in [6.45, 7) is 5.21. The van der Waals surface area contributed by atoms with E-state index in [0.29, 0.717) is 19.5 Å². The first kappa shape index (κ1) is 15.7. The lowest BCUT2D eigenvalue weighted by Crippen LogP contribution is -2.34. The zero-order valence-corrected chi connectivity index (χ0v) is 12.1. The van der Waals surface area contributed by atoms with E-state index in [0.717, 1.165) is 12.0 Å². The molecule has 0 aliphatic heterocycles. The molecule has 0 spiro atoms. The molecule has 0 aliphatic carbocycles. The van der Waals surface area contributed by atoms with Crippen molar-refractivity contribution in [2.75, 3.05) is 19.7 Å². The van der Waals surface area contributed by atoms with Crippen molar-refractivity contribution in [3.05, 3.63) is 35.4 Å². The largest absolute Gasteiger partial charge is 0.395 e. The molecule has 3 heteroatoms. The van der Waals surface area contributed by atoms with E-state index in [-0.39, 0.29) is 12.5 Å². The fraction of sp³-hybridized carbons (Fsp3) is 0.562. The van der Waals surface area contributed by atoms with E-state index in [1.807, 2.05) is 19.1 Å². The van der Waals surface area contributed by atoms with Crippen LogP contribution in [0.3, 0.4) is 0 Å². The highest BCUT2D eigenvalue weighted by atomic mass is 16.3. The summed E-state index contributed by atoms with van der Waals surface area (Å²) >= 11 is 0. The van der Waals surface area contributed by atoms with Gasteiger partial charge in [0.25, 0.3) is 0 Å². The Kier molecular flexibility index (Phi) is 7.19. The average Bonchev–Trinajstić information content (AvgIpc) is 2.43. The van der Waals surface area contributed by atoms with Crippen LogP contribution in [0.25, 0.3) is 0 Å². The minimum absolute atomic E-state index is 0.0233. The number of aliphatic hydroxyl groups is 1. The fourth-order valence-electron chi connectivity index (χ4n) is 2.07. The Morgan fingerprint density at radius 2 is 1.79 bits per heavy atom. The molecule has 0 saturated heterocycles. The molecule has 0 aliphatic rings. The van der Waals surface area contributed by atoms with Crippen molar-refractivity contribution < 1.29 is 9.90 Å². The molecule has 0 radical (unpaired) electrons. The van der Waals surface area contributed by atoms with E-state index in [1.165, 1.54) is 18.4 Å². The summed E-state index contributed by atoms with van der Waals surface area (Å²) in [7, 11) is 0. The van der Waals surface area contributed by atoms with Crippen molar-refractivity contribution in [2.24, 2.45) is 0 Å². The molecule has 0 saturated carbocycles. The Morgan fingerprint density at radius 1 is 1.16 bits per heavy atom. The monoisotopic (exact) mass is 263 g/mol. The molecule has 0 bridgehead atoms. The minimum atomic E-state index is 0.0233. The molecule has 1 amide bonds. The number of nitrogens with zero attached hydrogens (tertiary/aromatic N) is 1. The molecule has 0 fully saturated rings. The van der Waals surface area contributed by atoms with Gasteiger partial charge < -0.3 is 10.0 Å². The lowest BCUT2D eigenvalue weighted by molar-refractivity contribution is -0.130. The first-order chi connectivity index (χ1) is 9.21. The van der Waals surface area contributed by atoms with Crippen LogP contribution in [0.4, 0.5) is 0 Å². The standard InChI is InChI=1S/C16H25NO2/c1-3-5-6-14-7-9-15(10-8-14)13-16(19)17(4-2)11-12-18/h7-10,18H,3-6,11-13H2,1-2H3. The highest BCUT2D eigenvalue weighted by Crippen LogP contribution is 2.09. The second kappa shape index (κ2) is 8.70. The summed E-state index contributed by atoms with van der Waals surface area (Å²) in [6, 6.07) is 8.30. The molecule has 0 atom stereocenters. The van der Waals surface area contributed by atoms with Gasteiger partial charge in [0, 0.05) is 13.1 Å². The number of rotatable bonds is 8. The quantitative estimate of drug-likeness (QED) is 0.782. The van der Waals surface area contributed by atoms with E-state index in [9.17, 15) is 4.79 Å². The molecule has 0 unspecified atom stereocenters. The van der Waals surface area contributed by atoms with Crippen molar-refractivity contribution in [3.8, 4) is 0 Å². The van der Waals surface area contributed by atoms with Crippen LogP contribution in [0.2, 0.25) is 0 Å². The number of aliphatic hydroxyl groups excluding tert-OH is 1. The Balaban J connectivity index is 2.54. The smallest absolute Gasteiger partial charge is 0.227 e. The summed E-state index contributed by atoms with van der Waals surface area (Å²) in [5.74, 6) is 0.0814. The van der Waals surface area contributed by atoms with Gasteiger partial charge in [-0.1, -0.05) is 37.6 Å². The minimum Gasteiger partial charge on any atom is -0.395 e. The van der Waals surface area contributed by atoms with E-state index >= 15 is 0 Å². The van der Waals surface area contributed by atoms with Crippen LogP contribution in [-0.4, -0.2) is 35.6 Å². The summed E-state index contributed by atoms with van der Waals surface area (Å²) in [5.41, 5.74) is 2.38. The zero-order valence-electron chi connectivity index (χ0n) is 12.1. The van der Waals surface area contributed by atoms with Gasteiger partial charge >= 0.3 is 0 Å². The van der Waals surface area contributed by atoms with Gasteiger partial charge in [0.15, 0.2) is 0 Å². The summed E-state index contributed by atoms with van der Waals surface area (Å²) in [5, 5.41) is 8.91. The summed E-state index contributed by atoms with van der Waals surface area (Å²) in [6.07, 6.45) is 3.93. The van der Waals surface area contributed by atoms with Crippen LogP contribution < -0.4 is 0 Å². The molecular formula is C16H25NO2. The fourth-order valence-corrected chi connectivity index (χ4v) is 2.07. The molecule has 1 rings (SSSR count). The van der Waals surface area contributed by atoms with Crippen molar-refractivity contribution in [3.63, 3.8) is 0 Å². The van der Waals surface area contributed by atoms with Crippen LogP contribution in [0.5, 0.6) is 0 Å². The van der Waals surface area contributed by atoms with Crippen molar-refractivity contribution in [2.45, 2.75) is 39.5 Å². The lowest BCUT2D eigenvalue weighted by Gasteiger charge is -2.19. The van der Waals surface area contributed by atoms with Crippen LogP contribution in [0, 0.1) is 0 Å². The first-order valence-corrected chi connectivity index (χ1v) is 7.17. The van der Waals surface area contributed by atoms with Gasteiger partial charge in [-0.2, -0.15) is 0 Å². The zero-order chi connectivity index (χ0) is 14.1. The third-order valence-electron chi connectivity index (χ3n) is 3.30.